The van der Waals surface area contributed by atoms with Crippen LogP contribution in [0.5, 0.6) is 0 Å². The van der Waals surface area contributed by atoms with Gasteiger partial charge in [-0.15, -0.1) is 0 Å². The van der Waals surface area contributed by atoms with Crippen LogP contribution in [0.25, 0.3) is 55.0 Å². The molecule has 2 aliphatic rings. The van der Waals surface area contributed by atoms with E-state index in [0.717, 1.165) is 48.0 Å². The summed E-state index contributed by atoms with van der Waals surface area (Å²) in [5, 5.41) is 6.82. The third kappa shape index (κ3) is 6.07. The lowest BCUT2D eigenvalue weighted by atomic mass is 9.89. The Morgan fingerprint density at radius 3 is 2.02 bits per heavy atom. The summed E-state index contributed by atoms with van der Waals surface area (Å²) in [5.41, 5.74) is 9.51. The minimum absolute atomic E-state index is 0.196. The average Bonchev–Trinajstić information content (AvgIpc) is 3.54. The standard InChI is InChI=1S/C47H47N5O2/c1-6-33(27-30(4)52-41-19-13-11-15-36(41)37-16-12-14-20-42(37)52)34-23-21-32(22-24-34)29-50(7-2)35-25-26-40-43(28-35)51(8-3)46-44(49-40)38-17-9-10-18-39(38)47(54)45(46)48-31(5)53/h9-26,28,30,33H,6-8,27,29H2,1-5H3,(H,48,53). The van der Waals surface area contributed by atoms with E-state index in [4.69, 9.17) is 4.98 Å². The predicted molar refractivity (Wildman–Crippen MR) is 225 cm³/mol. The summed E-state index contributed by atoms with van der Waals surface area (Å²) < 4.78 is 4.65. The molecule has 8 rings (SSSR count). The molecule has 1 N–H and O–H groups in total. The van der Waals surface area contributed by atoms with Crippen LogP contribution < -0.4 is 15.6 Å². The molecule has 2 unspecified atom stereocenters. The van der Waals surface area contributed by atoms with Gasteiger partial charge in [-0.1, -0.05) is 91.9 Å². The van der Waals surface area contributed by atoms with E-state index in [9.17, 15) is 9.59 Å². The van der Waals surface area contributed by atoms with Gasteiger partial charge in [-0.25, -0.2) is 4.98 Å². The monoisotopic (exact) mass is 713 g/mol. The Morgan fingerprint density at radius 2 is 1.41 bits per heavy atom. The number of anilines is 2. The van der Waals surface area contributed by atoms with Gasteiger partial charge in [0.05, 0.1) is 22.4 Å². The third-order valence-electron chi connectivity index (χ3n) is 11.2. The van der Waals surface area contributed by atoms with Crippen molar-refractivity contribution in [3.05, 3.63) is 137 Å². The van der Waals surface area contributed by atoms with Crippen molar-refractivity contribution in [1.29, 1.82) is 0 Å². The minimum Gasteiger partial charge on any atom is -0.367 e. The highest BCUT2D eigenvalue weighted by atomic mass is 16.2. The van der Waals surface area contributed by atoms with Gasteiger partial charge < -0.3 is 19.4 Å². The molecule has 7 heteroatoms. The van der Waals surface area contributed by atoms with E-state index in [1.54, 1.807) is 6.07 Å². The number of hydrogen-bond donors (Lipinski definition) is 1. The van der Waals surface area contributed by atoms with E-state index in [1.807, 2.05) is 18.2 Å². The van der Waals surface area contributed by atoms with Crippen molar-refractivity contribution in [2.45, 2.75) is 72.5 Å². The first-order chi connectivity index (χ1) is 26.3. The zero-order valence-corrected chi connectivity index (χ0v) is 31.8. The topological polar surface area (TPSA) is 72.2 Å². The second kappa shape index (κ2) is 14.5. The lowest BCUT2D eigenvalue weighted by Gasteiger charge is -2.26. The van der Waals surface area contributed by atoms with Crippen LogP contribution in [-0.2, 0) is 17.9 Å². The summed E-state index contributed by atoms with van der Waals surface area (Å²) >= 11 is 0. The van der Waals surface area contributed by atoms with Gasteiger partial charge in [-0.05, 0) is 81.0 Å². The van der Waals surface area contributed by atoms with E-state index in [2.05, 4.69) is 138 Å². The normalized spacial score (nSPS) is 12.9. The van der Waals surface area contributed by atoms with Crippen LogP contribution in [0, 0.1) is 0 Å². The number of aryl methyl sites for hydroxylation is 1. The lowest BCUT2D eigenvalue weighted by molar-refractivity contribution is -0.114. The number of carbonyl (C=O) groups excluding carboxylic acids is 1. The number of benzene rings is 6. The smallest absolute Gasteiger partial charge is 0.221 e. The molecule has 0 radical (unpaired) electrons. The van der Waals surface area contributed by atoms with Gasteiger partial charge in [0.15, 0.2) is 0 Å². The minimum atomic E-state index is -0.286. The Labute approximate surface area is 316 Å². The predicted octanol–water partition coefficient (Wildman–Crippen LogP) is 10.9. The zero-order chi connectivity index (χ0) is 37.5. The molecule has 54 heavy (non-hydrogen) atoms. The number of aromatic nitrogens is 3. The Balaban J connectivity index is 1.09. The van der Waals surface area contributed by atoms with Crippen LogP contribution in [-0.4, -0.2) is 26.6 Å². The quantitative estimate of drug-likeness (QED) is 0.107. The molecule has 1 amide bonds. The number of nitrogens with one attached hydrogen (secondary N) is 1. The van der Waals surface area contributed by atoms with E-state index in [0.29, 0.717) is 35.3 Å². The number of fused-ring (bicyclic) bond motifs is 7. The molecule has 272 valence electrons. The van der Waals surface area contributed by atoms with Crippen LogP contribution in [0.4, 0.5) is 11.4 Å². The largest absolute Gasteiger partial charge is 0.367 e. The maximum absolute atomic E-state index is 13.7. The van der Waals surface area contributed by atoms with Gasteiger partial charge in [0.1, 0.15) is 5.69 Å². The van der Waals surface area contributed by atoms with E-state index in [-0.39, 0.29) is 17.0 Å². The third-order valence-corrected chi connectivity index (χ3v) is 11.2. The molecule has 1 aliphatic heterocycles. The van der Waals surface area contributed by atoms with Crippen molar-refractivity contribution in [3.63, 3.8) is 0 Å². The molecule has 0 fully saturated rings. The summed E-state index contributed by atoms with van der Waals surface area (Å²) in [6.45, 7) is 12.5. The van der Waals surface area contributed by atoms with Gasteiger partial charge in [0.25, 0.3) is 0 Å². The van der Waals surface area contributed by atoms with E-state index in [1.165, 1.54) is 39.9 Å². The Morgan fingerprint density at radius 1 is 0.778 bits per heavy atom. The van der Waals surface area contributed by atoms with Crippen LogP contribution in [0.2, 0.25) is 0 Å². The molecule has 0 saturated carbocycles. The fraction of sp³-hybridized carbons (Fsp3) is 0.255. The van der Waals surface area contributed by atoms with Gasteiger partial charge in [-0.3, -0.25) is 9.59 Å². The summed E-state index contributed by atoms with van der Waals surface area (Å²) in [6, 6.07) is 41.0. The highest BCUT2D eigenvalue weighted by Gasteiger charge is 2.25. The summed E-state index contributed by atoms with van der Waals surface area (Å²) in [6.07, 6.45) is 2.14. The highest BCUT2D eigenvalue weighted by Crippen LogP contribution is 2.38. The molecular weight excluding hydrogens is 667 g/mol. The first-order valence-electron chi connectivity index (χ1n) is 19.3. The Bertz CT molecular complexity index is 2640. The Hall–Kier alpha value is -5.95. The van der Waals surface area contributed by atoms with E-state index >= 15 is 0 Å². The van der Waals surface area contributed by atoms with Crippen molar-refractivity contribution in [3.8, 4) is 11.4 Å². The molecule has 2 atom stereocenters. The van der Waals surface area contributed by atoms with Gasteiger partial charge in [0.2, 0.25) is 11.3 Å². The molecular formula is C47H47N5O2. The van der Waals surface area contributed by atoms with Crippen molar-refractivity contribution < 1.29 is 4.79 Å². The van der Waals surface area contributed by atoms with Crippen LogP contribution in [0.1, 0.15) is 70.5 Å². The Kier molecular flexibility index (Phi) is 9.40. The SMILES string of the molecule is CCC(CC(C)n1c2ccccc2c2ccccc21)c1ccc(CN(CC)c2ccc3nc4c5ccccc5c(=O)c(NC(C)=O)c-4n(CC)c3c2)cc1. The maximum Gasteiger partial charge on any atom is 0.221 e. The first-order valence-corrected chi connectivity index (χ1v) is 19.3. The summed E-state index contributed by atoms with van der Waals surface area (Å²) in [5.74, 6) is 0.156. The first kappa shape index (κ1) is 35.1. The van der Waals surface area contributed by atoms with Crippen molar-refractivity contribution in [2.24, 2.45) is 0 Å². The number of rotatable bonds is 11. The second-order valence-electron chi connectivity index (χ2n) is 14.5. The van der Waals surface area contributed by atoms with Gasteiger partial charge in [0, 0.05) is 70.9 Å². The molecule has 0 bridgehead atoms. The van der Waals surface area contributed by atoms with Crippen LogP contribution >= 0.6 is 0 Å². The second-order valence-corrected chi connectivity index (χ2v) is 14.5. The highest BCUT2D eigenvalue weighted by molar-refractivity contribution is 6.08. The number of nitrogens with zero attached hydrogens (tertiary/aromatic N) is 4. The molecule has 2 heterocycles. The molecule has 5 aromatic carbocycles. The summed E-state index contributed by atoms with van der Waals surface area (Å²) in [7, 11) is 0. The fourth-order valence-electron chi connectivity index (χ4n) is 8.62. The molecule has 1 aliphatic carbocycles. The van der Waals surface area contributed by atoms with E-state index < -0.39 is 0 Å². The van der Waals surface area contributed by atoms with Gasteiger partial charge in [-0.2, -0.15) is 0 Å². The number of hydrogen-bond acceptors (Lipinski definition) is 4. The van der Waals surface area contributed by atoms with Crippen molar-refractivity contribution in [2.75, 3.05) is 16.8 Å². The lowest BCUT2D eigenvalue weighted by Crippen LogP contribution is -2.23. The fourth-order valence-corrected chi connectivity index (χ4v) is 8.62. The molecule has 1 aromatic heterocycles. The van der Waals surface area contributed by atoms with Crippen LogP contribution in [0.15, 0.2) is 120 Å². The molecule has 7 nitrogen and oxygen atoms in total. The number of para-hydroxylation sites is 2. The summed E-state index contributed by atoms with van der Waals surface area (Å²) in [4.78, 5) is 33.5. The van der Waals surface area contributed by atoms with Gasteiger partial charge >= 0.3 is 0 Å². The number of amides is 1. The molecule has 0 spiro atoms. The van der Waals surface area contributed by atoms with Crippen molar-refractivity contribution in [1.82, 2.24) is 14.1 Å². The zero-order valence-electron chi connectivity index (χ0n) is 31.8. The average molecular weight is 714 g/mol. The van der Waals surface area contributed by atoms with Crippen molar-refractivity contribution >= 4 is 60.9 Å². The maximum atomic E-state index is 13.7. The molecule has 6 aromatic rings. The van der Waals surface area contributed by atoms with Crippen LogP contribution in [0.3, 0.4) is 0 Å². The number of carbonyl (C=O) groups is 1. The molecule has 0 saturated heterocycles.